The van der Waals surface area contributed by atoms with Crippen molar-refractivity contribution in [3.63, 3.8) is 0 Å². The summed E-state index contributed by atoms with van der Waals surface area (Å²) < 4.78 is 5.91. The Morgan fingerprint density at radius 1 is 0.955 bits per heavy atom. The summed E-state index contributed by atoms with van der Waals surface area (Å²) >= 11 is 18.0. The Morgan fingerprint density at radius 3 is 2.36 bits per heavy atom. The Labute approximate surface area is 146 Å². The predicted molar refractivity (Wildman–Crippen MR) is 97.0 cm³/mol. The molecule has 0 saturated carbocycles. The number of benzene rings is 2. The van der Waals surface area contributed by atoms with Crippen LogP contribution in [0.25, 0.3) is 10.8 Å². The lowest BCUT2D eigenvalue weighted by molar-refractivity contribution is 0.256. The highest BCUT2D eigenvalue weighted by molar-refractivity contribution is 6.21. The van der Waals surface area contributed by atoms with Crippen LogP contribution in [0.3, 0.4) is 0 Å². The summed E-state index contributed by atoms with van der Waals surface area (Å²) in [7, 11) is 0. The van der Waals surface area contributed by atoms with E-state index in [2.05, 4.69) is 23.1 Å². The van der Waals surface area contributed by atoms with Crippen molar-refractivity contribution < 1.29 is 4.74 Å². The van der Waals surface area contributed by atoms with Crippen LogP contribution in [0.1, 0.15) is 0 Å². The maximum absolute atomic E-state index is 6.40. The monoisotopic (exact) mass is 359 g/mol. The number of halogens is 3. The molecule has 0 amide bonds. The van der Waals surface area contributed by atoms with Gasteiger partial charge >= 0.3 is 0 Å². The van der Waals surface area contributed by atoms with Crippen LogP contribution in [0.5, 0.6) is 5.75 Å². The molecule has 0 heterocycles. The highest BCUT2D eigenvalue weighted by atomic mass is 35.5. The average molecular weight is 361 g/mol. The van der Waals surface area contributed by atoms with Crippen LogP contribution in [0, 0.1) is 0 Å². The summed E-state index contributed by atoms with van der Waals surface area (Å²) in [5, 5.41) is 2.16. The molecule has 2 nitrogen and oxygen atoms in total. The number of ether oxygens (including phenoxy) is 1. The first-order valence-electron chi connectivity index (χ1n) is 7.33. The molecule has 2 aromatic carbocycles. The number of fused-ring (bicyclic) bond motifs is 1. The van der Waals surface area contributed by atoms with Crippen LogP contribution in [0.15, 0.2) is 42.5 Å². The van der Waals surface area contributed by atoms with Gasteiger partial charge in [-0.1, -0.05) is 36.4 Å². The molecule has 0 aliphatic heterocycles. The van der Waals surface area contributed by atoms with E-state index in [0.717, 1.165) is 29.6 Å². The summed E-state index contributed by atoms with van der Waals surface area (Å²) in [5.74, 6) is 2.01. The molecule has 5 heteroatoms. The summed E-state index contributed by atoms with van der Waals surface area (Å²) in [4.78, 5) is 2.16. The van der Waals surface area contributed by atoms with E-state index in [-0.39, 0.29) is 5.38 Å². The molecule has 0 aromatic heterocycles. The van der Waals surface area contributed by atoms with Crippen LogP contribution in [-0.2, 0) is 0 Å². The summed E-state index contributed by atoms with van der Waals surface area (Å²) in [6, 6.07) is 14.2. The number of rotatable bonds is 9. The lowest BCUT2D eigenvalue weighted by Gasteiger charge is -2.23. The van der Waals surface area contributed by atoms with E-state index in [0.29, 0.717) is 24.9 Å². The van der Waals surface area contributed by atoms with Crippen LogP contribution in [0.2, 0.25) is 0 Å². The molecule has 120 valence electrons. The standard InChI is InChI=1S/C17H20Cl3NO/c18-8-10-21(11-9-19)12-15(20)13-22-17-7-3-5-14-4-1-2-6-16(14)17/h1-7,15H,8-13H2. The highest BCUT2D eigenvalue weighted by Gasteiger charge is 2.12. The molecule has 0 spiro atoms. The zero-order chi connectivity index (χ0) is 15.8. The molecule has 1 unspecified atom stereocenters. The molecule has 2 rings (SSSR count). The van der Waals surface area contributed by atoms with Gasteiger partial charge in [-0.05, 0) is 11.5 Å². The third kappa shape index (κ3) is 5.20. The quantitative estimate of drug-likeness (QED) is 0.606. The zero-order valence-corrected chi connectivity index (χ0v) is 14.6. The smallest absolute Gasteiger partial charge is 0.127 e. The fourth-order valence-corrected chi connectivity index (χ4v) is 3.10. The first kappa shape index (κ1) is 17.7. The van der Waals surface area contributed by atoms with Crippen LogP contribution in [-0.4, -0.2) is 48.3 Å². The van der Waals surface area contributed by atoms with Gasteiger partial charge in [0, 0.05) is 36.8 Å². The minimum atomic E-state index is -0.106. The second kappa shape index (κ2) is 9.46. The Balaban J connectivity index is 1.93. The minimum absolute atomic E-state index is 0.106. The minimum Gasteiger partial charge on any atom is -0.491 e. The van der Waals surface area contributed by atoms with E-state index < -0.39 is 0 Å². The molecule has 0 aliphatic carbocycles. The van der Waals surface area contributed by atoms with Crippen LogP contribution in [0.4, 0.5) is 0 Å². The van der Waals surface area contributed by atoms with E-state index in [1.54, 1.807) is 0 Å². The topological polar surface area (TPSA) is 12.5 Å². The van der Waals surface area contributed by atoms with Gasteiger partial charge in [-0.3, -0.25) is 4.90 Å². The largest absolute Gasteiger partial charge is 0.491 e. The summed E-state index contributed by atoms with van der Waals surface area (Å²) in [6.45, 7) is 2.74. The second-order valence-corrected chi connectivity index (χ2v) is 6.44. The molecular weight excluding hydrogens is 341 g/mol. The van der Waals surface area contributed by atoms with Crippen molar-refractivity contribution in [2.45, 2.75) is 5.38 Å². The molecule has 1 atom stereocenters. The first-order chi connectivity index (χ1) is 10.7. The Hall–Kier alpha value is -0.670. The molecule has 0 N–H and O–H groups in total. The van der Waals surface area contributed by atoms with Crippen molar-refractivity contribution in [2.24, 2.45) is 0 Å². The fourth-order valence-electron chi connectivity index (χ4n) is 2.37. The Morgan fingerprint density at radius 2 is 1.64 bits per heavy atom. The van der Waals surface area contributed by atoms with Crippen molar-refractivity contribution in [1.82, 2.24) is 4.90 Å². The van der Waals surface area contributed by atoms with E-state index in [9.17, 15) is 0 Å². The molecule has 22 heavy (non-hydrogen) atoms. The van der Waals surface area contributed by atoms with Crippen molar-refractivity contribution in [1.29, 1.82) is 0 Å². The number of hydrogen-bond acceptors (Lipinski definition) is 2. The summed E-state index contributed by atoms with van der Waals surface area (Å²) in [5.41, 5.74) is 0. The van der Waals surface area contributed by atoms with Crippen molar-refractivity contribution in [3.05, 3.63) is 42.5 Å². The average Bonchev–Trinajstić information content (AvgIpc) is 2.53. The normalized spacial score (nSPS) is 12.7. The number of hydrogen-bond donors (Lipinski definition) is 0. The van der Waals surface area contributed by atoms with E-state index in [1.807, 2.05) is 24.3 Å². The van der Waals surface area contributed by atoms with Gasteiger partial charge in [0.25, 0.3) is 0 Å². The highest BCUT2D eigenvalue weighted by Crippen LogP contribution is 2.25. The van der Waals surface area contributed by atoms with Gasteiger partial charge < -0.3 is 4.74 Å². The van der Waals surface area contributed by atoms with Gasteiger partial charge in [0.05, 0.1) is 5.38 Å². The van der Waals surface area contributed by atoms with Crippen molar-refractivity contribution >= 4 is 45.6 Å². The molecule has 2 aromatic rings. The van der Waals surface area contributed by atoms with Gasteiger partial charge in [-0.15, -0.1) is 34.8 Å². The fraction of sp³-hybridized carbons (Fsp3) is 0.412. The maximum Gasteiger partial charge on any atom is 0.127 e. The molecule has 0 saturated heterocycles. The lowest BCUT2D eigenvalue weighted by Crippen LogP contribution is -2.35. The third-order valence-electron chi connectivity index (χ3n) is 3.43. The second-order valence-electron chi connectivity index (χ2n) is 5.06. The Kier molecular flexibility index (Phi) is 7.61. The van der Waals surface area contributed by atoms with E-state index in [1.165, 1.54) is 0 Å². The third-order valence-corrected chi connectivity index (χ3v) is 4.03. The first-order valence-corrected chi connectivity index (χ1v) is 8.84. The Bertz CT molecular complexity index is 567. The van der Waals surface area contributed by atoms with Gasteiger partial charge in [0.1, 0.15) is 12.4 Å². The van der Waals surface area contributed by atoms with Gasteiger partial charge in [0.15, 0.2) is 0 Å². The molecule has 0 bridgehead atoms. The van der Waals surface area contributed by atoms with Crippen molar-refractivity contribution in [2.75, 3.05) is 38.0 Å². The maximum atomic E-state index is 6.40. The molecule has 0 aliphatic rings. The molecule has 0 radical (unpaired) electrons. The van der Waals surface area contributed by atoms with Crippen LogP contribution >= 0.6 is 34.8 Å². The molecular formula is C17H20Cl3NO. The predicted octanol–water partition coefficient (Wildman–Crippen LogP) is 4.61. The molecule has 0 fully saturated rings. The number of nitrogens with zero attached hydrogens (tertiary/aromatic N) is 1. The lowest BCUT2D eigenvalue weighted by atomic mass is 10.1. The van der Waals surface area contributed by atoms with Crippen LogP contribution < -0.4 is 4.74 Å². The van der Waals surface area contributed by atoms with Gasteiger partial charge in [-0.25, -0.2) is 0 Å². The zero-order valence-electron chi connectivity index (χ0n) is 12.4. The van der Waals surface area contributed by atoms with Gasteiger partial charge in [0.2, 0.25) is 0 Å². The van der Waals surface area contributed by atoms with Crippen molar-refractivity contribution in [3.8, 4) is 5.75 Å². The SMILES string of the molecule is ClCCN(CCCl)CC(Cl)COc1cccc2ccccc12. The van der Waals surface area contributed by atoms with Gasteiger partial charge in [-0.2, -0.15) is 0 Å². The summed E-state index contributed by atoms with van der Waals surface area (Å²) in [6.07, 6.45) is 0. The van der Waals surface area contributed by atoms with E-state index in [4.69, 9.17) is 39.5 Å². The van der Waals surface area contributed by atoms with E-state index >= 15 is 0 Å². The number of alkyl halides is 3.